The second kappa shape index (κ2) is 6.00. The molecule has 112 valence electrons. The molecule has 3 rings (SSSR count). The summed E-state index contributed by atoms with van der Waals surface area (Å²) < 4.78 is 26.9. The molecular weight excluding hydrogens is 322 g/mol. The van der Waals surface area contributed by atoms with Crippen LogP contribution in [0, 0.1) is 0 Å². The van der Waals surface area contributed by atoms with E-state index in [2.05, 4.69) is 14.7 Å². The summed E-state index contributed by atoms with van der Waals surface area (Å²) in [7, 11) is -3.60. The predicted octanol–water partition coefficient (Wildman–Crippen LogP) is 2.76. The van der Waals surface area contributed by atoms with Crippen molar-refractivity contribution in [3.8, 4) is 0 Å². The van der Waals surface area contributed by atoms with Gasteiger partial charge in [-0.15, -0.1) is 0 Å². The molecule has 0 spiro atoms. The van der Waals surface area contributed by atoms with Gasteiger partial charge >= 0.3 is 0 Å². The predicted molar refractivity (Wildman–Crippen MR) is 85.0 cm³/mol. The average Bonchev–Trinajstić information content (AvgIpc) is 2.53. The zero-order valence-corrected chi connectivity index (χ0v) is 13.0. The molecule has 1 heterocycles. The Morgan fingerprint density at radius 2 is 1.68 bits per heavy atom. The van der Waals surface area contributed by atoms with Crippen LogP contribution < -0.4 is 4.72 Å². The number of benzene rings is 2. The summed E-state index contributed by atoms with van der Waals surface area (Å²) in [6, 6.07) is 13.4. The van der Waals surface area contributed by atoms with Gasteiger partial charge in [0.05, 0.1) is 34.4 Å². The topological polar surface area (TPSA) is 72.0 Å². The number of para-hydroxylation sites is 2. The van der Waals surface area contributed by atoms with Gasteiger partial charge in [-0.3, -0.25) is 4.98 Å². The van der Waals surface area contributed by atoms with Crippen molar-refractivity contribution in [3.05, 3.63) is 65.4 Å². The van der Waals surface area contributed by atoms with Crippen LogP contribution in [-0.4, -0.2) is 18.4 Å². The van der Waals surface area contributed by atoms with Crippen LogP contribution >= 0.6 is 11.6 Å². The van der Waals surface area contributed by atoms with Crippen LogP contribution in [0.4, 0.5) is 0 Å². The van der Waals surface area contributed by atoms with Gasteiger partial charge in [-0.25, -0.2) is 18.1 Å². The van der Waals surface area contributed by atoms with Crippen molar-refractivity contribution in [2.24, 2.45) is 0 Å². The minimum absolute atomic E-state index is 0.0722. The molecule has 0 saturated carbocycles. The van der Waals surface area contributed by atoms with Crippen molar-refractivity contribution >= 4 is 32.7 Å². The number of hydrogen-bond acceptors (Lipinski definition) is 4. The molecule has 0 unspecified atom stereocenters. The fraction of sp³-hybridized carbons (Fsp3) is 0.0667. The van der Waals surface area contributed by atoms with Crippen molar-refractivity contribution in [2.75, 3.05) is 0 Å². The van der Waals surface area contributed by atoms with Crippen LogP contribution in [-0.2, 0) is 16.6 Å². The third kappa shape index (κ3) is 3.24. The number of nitrogens with zero attached hydrogens (tertiary/aromatic N) is 2. The van der Waals surface area contributed by atoms with Crippen molar-refractivity contribution in [1.82, 2.24) is 14.7 Å². The highest BCUT2D eigenvalue weighted by atomic mass is 35.5. The Bertz CT molecular complexity index is 911. The standard InChI is InChI=1S/C15H12ClN3O2S/c16-11-5-7-13(8-6-11)22(20,21)18-10-12-9-17-14-3-1-2-4-15(14)19-12/h1-9,18H,10H2. The summed E-state index contributed by atoms with van der Waals surface area (Å²) in [5.74, 6) is 0. The summed E-state index contributed by atoms with van der Waals surface area (Å²) in [5.41, 5.74) is 2.05. The Hall–Kier alpha value is -2.02. The molecule has 3 aromatic rings. The van der Waals surface area contributed by atoms with E-state index in [1.54, 1.807) is 6.20 Å². The van der Waals surface area contributed by atoms with E-state index < -0.39 is 10.0 Å². The molecule has 2 aromatic carbocycles. The fourth-order valence-corrected chi connectivity index (χ4v) is 3.07. The lowest BCUT2D eigenvalue weighted by molar-refractivity contribution is 0.580. The normalized spacial score (nSPS) is 11.7. The van der Waals surface area contributed by atoms with Crippen LogP contribution in [0.3, 0.4) is 0 Å². The smallest absolute Gasteiger partial charge is 0.240 e. The number of rotatable bonds is 4. The Morgan fingerprint density at radius 3 is 2.41 bits per heavy atom. The van der Waals surface area contributed by atoms with E-state index in [1.807, 2.05) is 24.3 Å². The number of fused-ring (bicyclic) bond motifs is 1. The second-order valence-corrected chi connectivity index (χ2v) is 6.83. The summed E-state index contributed by atoms with van der Waals surface area (Å²) in [5, 5.41) is 0.486. The first kappa shape index (κ1) is 14.9. The van der Waals surface area contributed by atoms with E-state index in [0.29, 0.717) is 10.7 Å². The number of sulfonamides is 1. The lowest BCUT2D eigenvalue weighted by Gasteiger charge is -2.07. The maximum Gasteiger partial charge on any atom is 0.240 e. The number of aromatic nitrogens is 2. The quantitative estimate of drug-likeness (QED) is 0.797. The van der Waals surface area contributed by atoms with Crippen molar-refractivity contribution in [2.45, 2.75) is 11.4 Å². The number of hydrogen-bond donors (Lipinski definition) is 1. The highest BCUT2D eigenvalue weighted by Crippen LogP contribution is 2.14. The molecule has 0 radical (unpaired) electrons. The molecule has 0 atom stereocenters. The first-order chi connectivity index (χ1) is 10.5. The van der Waals surface area contributed by atoms with Gasteiger partial charge in [0.15, 0.2) is 0 Å². The summed E-state index contributed by atoms with van der Waals surface area (Å²) in [4.78, 5) is 8.78. The Kier molecular flexibility index (Phi) is 4.06. The maximum absolute atomic E-state index is 12.2. The van der Waals surface area contributed by atoms with Gasteiger partial charge < -0.3 is 0 Å². The van der Waals surface area contributed by atoms with E-state index in [0.717, 1.165) is 11.0 Å². The minimum atomic E-state index is -3.60. The van der Waals surface area contributed by atoms with E-state index in [-0.39, 0.29) is 11.4 Å². The molecule has 0 aliphatic heterocycles. The Balaban J connectivity index is 1.79. The van der Waals surface area contributed by atoms with Crippen molar-refractivity contribution in [1.29, 1.82) is 0 Å². The molecule has 1 aromatic heterocycles. The van der Waals surface area contributed by atoms with Crippen LogP contribution in [0.5, 0.6) is 0 Å². The van der Waals surface area contributed by atoms with Gasteiger partial charge in [-0.05, 0) is 36.4 Å². The van der Waals surface area contributed by atoms with Gasteiger partial charge in [0.25, 0.3) is 0 Å². The summed E-state index contributed by atoms with van der Waals surface area (Å²) in [6.45, 7) is 0.0722. The van der Waals surface area contributed by atoms with E-state index in [1.165, 1.54) is 24.3 Å². The van der Waals surface area contributed by atoms with Crippen LogP contribution in [0.25, 0.3) is 11.0 Å². The van der Waals surface area contributed by atoms with Gasteiger partial charge in [0.2, 0.25) is 10.0 Å². The largest absolute Gasteiger partial charge is 0.253 e. The van der Waals surface area contributed by atoms with Crippen LogP contribution in [0.2, 0.25) is 5.02 Å². The van der Waals surface area contributed by atoms with E-state index in [4.69, 9.17) is 11.6 Å². The van der Waals surface area contributed by atoms with E-state index >= 15 is 0 Å². The molecule has 22 heavy (non-hydrogen) atoms. The zero-order valence-electron chi connectivity index (χ0n) is 11.4. The van der Waals surface area contributed by atoms with Crippen molar-refractivity contribution in [3.63, 3.8) is 0 Å². The minimum Gasteiger partial charge on any atom is -0.253 e. The van der Waals surface area contributed by atoms with Gasteiger partial charge in [0.1, 0.15) is 0 Å². The van der Waals surface area contributed by atoms with Gasteiger partial charge in [-0.2, -0.15) is 0 Å². The first-order valence-corrected chi connectivity index (χ1v) is 8.37. The lowest BCUT2D eigenvalue weighted by atomic mass is 10.3. The molecule has 0 fully saturated rings. The highest BCUT2D eigenvalue weighted by molar-refractivity contribution is 7.89. The summed E-state index contributed by atoms with van der Waals surface area (Å²) in [6.07, 6.45) is 1.56. The number of nitrogens with one attached hydrogen (secondary N) is 1. The third-order valence-electron chi connectivity index (χ3n) is 3.07. The molecule has 0 bridgehead atoms. The lowest BCUT2D eigenvalue weighted by Crippen LogP contribution is -2.23. The molecule has 1 N–H and O–H groups in total. The Morgan fingerprint density at radius 1 is 1.00 bits per heavy atom. The molecule has 5 nitrogen and oxygen atoms in total. The van der Waals surface area contributed by atoms with Crippen molar-refractivity contribution < 1.29 is 8.42 Å². The fourth-order valence-electron chi connectivity index (χ4n) is 1.95. The average molecular weight is 334 g/mol. The molecule has 0 aliphatic carbocycles. The Labute approximate surface area is 133 Å². The zero-order chi connectivity index (χ0) is 15.6. The molecule has 0 aliphatic rings. The van der Waals surface area contributed by atoms with E-state index in [9.17, 15) is 8.42 Å². The second-order valence-electron chi connectivity index (χ2n) is 4.63. The summed E-state index contributed by atoms with van der Waals surface area (Å²) >= 11 is 5.76. The van der Waals surface area contributed by atoms with Crippen LogP contribution in [0.1, 0.15) is 5.69 Å². The molecule has 0 amide bonds. The highest BCUT2D eigenvalue weighted by Gasteiger charge is 2.13. The number of halogens is 1. The van der Waals surface area contributed by atoms with Gasteiger partial charge in [0, 0.05) is 5.02 Å². The third-order valence-corrected chi connectivity index (χ3v) is 4.73. The SMILES string of the molecule is O=S(=O)(NCc1cnc2ccccc2n1)c1ccc(Cl)cc1. The maximum atomic E-state index is 12.2. The van der Waals surface area contributed by atoms with Crippen LogP contribution in [0.15, 0.2) is 59.6 Å². The molecule has 7 heteroatoms. The molecular formula is C15H12ClN3O2S. The first-order valence-electron chi connectivity index (χ1n) is 6.50. The monoisotopic (exact) mass is 333 g/mol. The molecule has 0 saturated heterocycles. The van der Waals surface area contributed by atoms with Gasteiger partial charge in [-0.1, -0.05) is 23.7 Å².